The lowest BCUT2D eigenvalue weighted by atomic mass is 10.2. The lowest BCUT2D eigenvalue weighted by Gasteiger charge is -2.10. The number of ether oxygens (including phenoxy) is 1. The smallest absolute Gasteiger partial charge is 0.347 e. The molecule has 3 heterocycles. The van der Waals surface area contributed by atoms with Gasteiger partial charge in [-0.05, 0) is 30.5 Å². The van der Waals surface area contributed by atoms with Crippen molar-refractivity contribution in [3.8, 4) is 0 Å². The van der Waals surface area contributed by atoms with E-state index in [1.165, 1.54) is 11.3 Å². The molecule has 1 atom stereocenters. The molecule has 2 N–H and O–H groups in total. The zero-order chi connectivity index (χ0) is 15.8. The zero-order valence-corrected chi connectivity index (χ0v) is 13.3. The van der Waals surface area contributed by atoms with Crippen LogP contribution in [0.4, 0.5) is 0 Å². The molecule has 1 fully saturated rings. The number of hydrogen-bond donors (Lipinski definition) is 2. The van der Waals surface area contributed by atoms with E-state index in [0.29, 0.717) is 15.9 Å². The maximum atomic E-state index is 11.1. The summed E-state index contributed by atoms with van der Waals surface area (Å²) in [5.41, 5.74) is 2.98. The molecule has 3 aromatic rings. The number of carbonyl (C=O) groups is 1. The van der Waals surface area contributed by atoms with Gasteiger partial charge in [0.2, 0.25) is 0 Å². The van der Waals surface area contributed by atoms with Gasteiger partial charge in [-0.25, -0.2) is 9.78 Å². The van der Waals surface area contributed by atoms with E-state index in [1.54, 1.807) is 6.20 Å². The monoisotopic (exact) mass is 331 g/mol. The number of imidazole rings is 1. The Kier molecular flexibility index (Phi) is 3.76. The Morgan fingerprint density at radius 2 is 2.43 bits per heavy atom. The molecule has 0 radical (unpaired) electrons. The van der Waals surface area contributed by atoms with Crippen molar-refractivity contribution in [1.29, 1.82) is 0 Å². The minimum Gasteiger partial charge on any atom is -0.477 e. The number of aromatic nitrogens is 2. The van der Waals surface area contributed by atoms with Gasteiger partial charge in [-0.1, -0.05) is 17.4 Å². The molecule has 6 nitrogen and oxygen atoms in total. The summed E-state index contributed by atoms with van der Waals surface area (Å²) in [6, 6.07) is 6.11. The van der Waals surface area contributed by atoms with Crippen molar-refractivity contribution in [1.82, 2.24) is 14.7 Å². The van der Waals surface area contributed by atoms with Gasteiger partial charge in [-0.15, -0.1) is 0 Å². The van der Waals surface area contributed by atoms with Crippen LogP contribution in [-0.4, -0.2) is 39.7 Å². The van der Waals surface area contributed by atoms with E-state index in [4.69, 9.17) is 9.84 Å². The van der Waals surface area contributed by atoms with Gasteiger partial charge in [0.05, 0.1) is 17.1 Å². The summed E-state index contributed by atoms with van der Waals surface area (Å²) in [5.74, 6) is -0.914. The predicted octanol–water partition coefficient (Wildman–Crippen LogP) is 2.52. The Labute approximate surface area is 136 Å². The van der Waals surface area contributed by atoms with Gasteiger partial charge >= 0.3 is 5.97 Å². The van der Waals surface area contributed by atoms with Crippen molar-refractivity contribution < 1.29 is 14.6 Å². The molecular weight excluding hydrogens is 314 g/mol. The highest BCUT2D eigenvalue weighted by molar-refractivity contribution is 7.18. The van der Waals surface area contributed by atoms with E-state index in [-0.39, 0.29) is 0 Å². The molecule has 0 bridgehead atoms. The summed E-state index contributed by atoms with van der Waals surface area (Å²) >= 11 is 1.19. The minimum atomic E-state index is -0.914. The van der Waals surface area contributed by atoms with Crippen LogP contribution >= 0.6 is 11.3 Å². The number of carboxylic acids is 1. The number of rotatable bonds is 5. The average Bonchev–Trinajstić information content (AvgIpc) is 3.22. The second kappa shape index (κ2) is 5.92. The Morgan fingerprint density at radius 1 is 1.52 bits per heavy atom. The van der Waals surface area contributed by atoms with Crippen molar-refractivity contribution in [2.75, 3.05) is 13.2 Å². The van der Waals surface area contributed by atoms with Gasteiger partial charge in [0.1, 0.15) is 4.88 Å². The van der Waals surface area contributed by atoms with Crippen LogP contribution in [0.1, 0.15) is 28.1 Å². The number of fused-ring (bicyclic) bond motifs is 3. The lowest BCUT2D eigenvalue weighted by molar-refractivity contribution is 0.0702. The van der Waals surface area contributed by atoms with Crippen LogP contribution in [0, 0.1) is 0 Å². The summed E-state index contributed by atoms with van der Waals surface area (Å²) in [6.45, 7) is 2.50. The first-order valence-corrected chi connectivity index (χ1v) is 8.48. The Balaban J connectivity index is 1.55. The maximum Gasteiger partial charge on any atom is 0.347 e. The summed E-state index contributed by atoms with van der Waals surface area (Å²) < 4.78 is 7.45. The van der Waals surface area contributed by atoms with E-state index >= 15 is 0 Å². The maximum absolute atomic E-state index is 11.1. The number of aromatic carboxylic acids is 1. The zero-order valence-electron chi connectivity index (χ0n) is 12.5. The molecule has 4 rings (SSSR count). The molecule has 0 unspecified atom stereocenters. The first kappa shape index (κ1) is 14.6. The Morgan fingerprint density at radius 3 is 3.22 bits per heavy atom. The number of hydrogen-bond acceptors (Lipinski definition) is 5. The third-order valence-corrected chi connectivity index (χ3v) is 5.08. The molecule has 0 saturated carbocycles. The highest BCUT2D eigenvalue weighted by atomic mass is 32.1. The second-order valence-corrected chi connectivity index (χ2v) is 6.76. The Hall–Kier alpha value is -1.96. The molecule has 23 heavy (non-hydrogen) atoms. The number of nitrogens with one attached hydrogen (secondary N) is 1. The topological polar surface area (TPSA) is 75.9 Å². The van der Waals surface area contributed by atoms with Crippen LogP contribution in [0.25, 0.3) is 16.0 Å². The summed E-state index contributed by atoms with van der Waals surface area (Å²) in [7, 11) is 0. The summed E-state index contributed by atoms with van der Waals surface area (Å²) in [4.78, 5) is 16.6. The average molecular weight is 331 g/mol. The Bertz CT molecular complexity index is 864. The fourth-order valence-electron chi connectivity index (χ4n) is 2.95. The van der Waals surface area contributed by atoms with Crippen molar-refractivity contribution in [2.24, 2.45) is 0 Å². The fraction of sp³-hybridized carbons (Fsp3) is 0.375. The van der Waals surface area contributed by atoms with Gasteiger partial charge in [0.25, 0.3) is 0 Å². The second-order valence-electron chi connectivity index (χ2n) is 5.75. The molecule has 0 amide bonds. The molecule has 7 heteroatoms. The molecule has 2 aromatic heterocycles. The number of nitrogens with zero attached hydrogens (tertiary/aromatic N) is 2. The van der Waals surface area contributed by atoms with E-state index < -0.39 is 5.97 Å². The van der Waals surface area contributed by atoms with Crippen molar-refractivity contribution in [3.63, 3.8) is 0 Å². The van der Waals surface area contributed by atoms with E-state index in [2.05, 4.69) is 22.4 Å². The first-order valence-electron chi connectivity index (χ1n) is 7.67. The molecule has 1 saturated heterocycles. The van der Waals surface area contributed by atoms with Gasteiger partial charge in [0, 0.05) is 25.9 Å². The minimum absolute atomic E-state index is 0.302. The SMILES string of the molecule is O=C(O)c1cn2c(nc3ccc(CNC[C@H]4CCCO4)cc32)s1. The van der Waals surface area contributed by atoms with E-state index in [9.17, 15) is 4.79 Å². The molecule has 1 aliphatic heterocycles. The third-order valence-electron chi connectivity index (χ3n) is 4.11. The lowest BCUT2D eigenvalue weighted by Crippen LogP contribution is -2.25. The van der Waals surface area contributed by atoms with Crippen LogP contribution in [-0.2, 0) is 11.3 Å². The molecule has 120 valence electrons. The normalized spacial score (nSPS) is 18.2. The van der Waals surface area contributed by atoms with Gasteiger partial charge in [0.15, 0.2) is 4.96 Å². The summed E-state index contributed by atoms with van der Waals surface area (Å²) in [6.07, 6.45) is 4.25. The number of benzene rings is 1. The van der Waals surface area contributed by atoms with Crippen LogP contribution in [0.5, 0.6) is 0 Å². The van der Waals surface area contributed by atoms with Crippen molar-refractivity contribution >= 4 is 33.3 Å². The number of thiazole rings is 1. The van der Waals surface area contributed by atoms with Crippen molar-refractivity contribution in [3.05, 3.63) is 34.8 Å². The molecule has 1 aliphatic rings. The standard InChI is InChI=1S/C16H17N3O3S/c20-15(21)14-9-19-13-6-10(3-4-12(13)18-16(19)23-14)7-17-8-11-2-1-5-22-11/h3-4,6,9,11,17H,1-2,5,7-8H2,(H,20,21)/t11-/m1/s1. The predicted molar refractivity (Wildman–Crippen MR) is 88.2 cm³/mol. The van der Waals surface area contributed by atoms with E-state index in [0.717, 1.165) is 49.1 Å². The first-order chi connectivity index (χ1) is 11.2. The van der Waals surface area contributed by atoms with E-state index in [1.807, 2.05) is 10.5 Å². The van der Waals surface area contributed by atoms with Crippen LogP contribution in [0.3, 0.4) is 0 Å². The molecule has 1 aromatic carbocycles. The molecule has 0 aliphatic carbocycles. The van der Waals surface area contributed by atoms with Gasteiger partial charge in [-0.3, -0.25) is 4.40 Å². The quantitative estimate of drug-likeness (QED) is 0.751. The highest BCUT2D eigenvalue weighted by Gasteiger charge is 2.15. The van der Waals surface area contributed by atoms with Crippen LogP contribution < -0.4 is 5.32 Å². The van der Waals surface area contributed by atoms with Crippen LogP contribution in [0.15, 0.2) is 24.4 Å². The third kappa shape index (κ3) is 2.83. The van der Waals surface area contributed by atoms with Gasteiger partial charge < -0.3 is 15.2 Å². The molecular formula is C16H17N3O3S. The molecule has 0 spiro atoms. The summed E-state index contributed by atoms with van der Waals surface area (Å²) in [5, 5.41) is 12.5. The largest absolute Gasteiger partial charge is 0.477 e. The fourth-order valence-corrected chi connectivity index (χ4v) is 3.78. The highest BCUT2D eigenvalue weighted by Crippen LogP contribution is 2.24. The van der Waals surface area contributed by atoms with Gasteiger partial charge in [-0.2, -0.15) is 0 Å². The van der Waals surface area contributed by atoms with Crippen molar-refractivity contribution in [2.45, 2.75) is 25.5 Å². The van der Waals surface area contributed by atoms with Crippen LogP contribution in [0.2, 0.25) is 0 Å². The number of carboxylic acid groups (broad SMARTS) is 1.